The quantitative estimate of drug-likeness (QED) is 0.374. The van der Waals surface area contributed by atoms with Gasteiger partial charge in [0.15, 0.2) is 10.9 Å². The van der Waals surface area contributed by atoms with Crippen molar-refractivity contribution in [2.45, 2.75) is 10.1 Å². The van der Waals surface area contributed by atoms with E-state index in [-0.39, 0.29) is 17.3 Å². The van der Waals surface area contributed by atoms with Gasteiger partial charge < -0.3 is 9.88 Å². The van der Waals surface area contributed by atoms with E-state index in [0.717, 1.165) is 10.1 Å². The van der Waals surface area contributed by atoms with Crippen molar-refractivity contribution >= 4 is 29.0 Å². The predicted octanol–water partition coefficient (Wildman–Crippen LogP) is 3.92. The maximum absolute atomic E-state index is 12.5. The first-order valence-electron chi connectivity index (χ1n) is 8.87. The third kappa shape index (κ3) is 4.23. The molecule has 0 saturated heterocycles. The topological polar surface area (TPSA) is 108 Å². The molecule has 150 valence electrons. The summed E-state index contributed by atoms with van der Waals surface area (Å²) in [6.07, 6.45) is 5.25. The second-order valence-electron chi connectivity index (χ2n) is 6.32. The Kier molecular flexibility index (Phi) is 5.31. The van der Waals surface area contributed by atoms with Crippen molar-refractivity contribution in [3.8, 4) is 5.69 Å². The number of nitrogens with one attached hydrogen (secondary N) is 1. The van der Waals surface area contributed by atoms with Crippen LogP contribution >= 0.6 is 11.8 Å². The first-order valence-corrected chi connectivity index (χ1v) is 9.68. The van der Waals surface area contributed by atoms with Crippen molar-refractivity contribution in [1.82, 2.24) is 19.3 Å². The number of aromatic nitrogens is 4. The number of rotatable bonds is 6. The lowest BCUT2D eigenvalue weighted by atomic mass is 10.3. The van der Waals surface area contributed by atoms with Crippen molar-refractivity contribution in [2.24, 2.45) is 7.05 Å². The largest absolute Gasteiger partial charge is 0.329 e. The second kappa shape index (κ2) is 8.21. The Labute approximate surface area is 175 Å². The molecule has 0 radical (unpaired) electrons. The van der Waals surface area contributed by atoms with Crippen LogP contribution in [0.3, 0.4) is 0 Å². The molecule has 0 fully saturated rings. The van der Waals surface area contributed by atoms with Crippen LogP contribution in [0.25, 0.3) is 5.69 Å². The normalized spacial score (nSPS) is 10.7. The number of nitro benzene ring substituents is 1. The monoisotopic (exact) mass is 420 g/mol. The number of hydrogen-bond acceptors (Lipinski definition) is 6. The van der Waals surface area contributed by atoms with E-state index in [1.807, 2.05) is 42.1 Å². The molecule has 10 heteroatoms. The van der Waals surface area contributed by atoms with Crippen LogP contribution in [0.4, 0.5) is 11.4 Å². The number of non-ortho nitro benzene ring substituents is 1. The number of nitro groups is 1. The third-order valence-corrected chi connectivity index (χ3v) is 5.33. The molecule has 0 saturated carbocycles. The number of amides is 1. The summed E-state index contributed by atoms with van der Waals surface area (Å²) in [6, 6.07) is 15.0. The fourth-order valence-electron chi connectivity index (χ4n) is 2.67. The van der Waals surface area contributed by atoms with E-state index in [4.69, 9.17) is 0 Å². The zero-order chi connectivity index (χ0) is 21.1. The van der Waals surface area contributed by atoms with Crippen LogP contribution in [0.1, 0.15) is 10.5 Å². The zero-order valence-corrected chi connectivity index (χ0v) is 16.6. The molecule has 0 aliphatic carbocycles. The summed E-state index contributed by atoms with van der Waals surface area (Å²) in [6.45, 7) is 0. The molecule has 1 amide bonds. The summed E-state index contributed by atoms with van der Waals surface area (Å²) in [5.74, 6) is -0.347. The van der Waals surface area contributed by atoms with Gasteiger partial charge in [-0.15, -0.1) is 0 Å². The molecule has 2 aromatic carbocycles. The summed E-state index contributed by atoms with van der Waals surface area (Å²) >= 11 is 1.53. The molecule has 0 unspecified atom stereocenters. The zero-order valence-electron chi connectivity index (χ0n) is 15.8. The first-order chi connectivity index (χ1) is 14.5. The Balaban J connectivity index is 1.41. The van der Waals surface area contributed by atoms with Gasteiger partial charge in [0.25, 0.3) is 11.6 Å². The van der Waals surface area contributed by atoms with Crippen molar-refractivity contribution in [3.63, 3.8) is 0 Å². The van der Waals surface area contributed by atoms with Gasteiger partial charge in [-0.2, -0.15) is 5.10 Å². The molecule has 2 heterocycles. The van der Waals surface area contributed by atoms with E-state index in [0.29, 0.717) is 11.4 Å². The third-order valence-electron chi connectivity index (χ3n) is 4.25. The number of nitrogens with zero attached hydrogens (tertiary/aromatic N) is 5. The summed E-state index contributed by atoms with van der Waals surface area (Å²) in [5.41, 5.74) is 1.50. The number of carbonyl (C=O) groups excluding carboxylic acids is 1. The van der Waals surface area contributed by atoms with Gasteiger partial charge in [-0.1, -0.05) is 11.8 Å². The standard InChI is InChI=1S/C20H16N6O3S/c1-24-13-11-21-20(24)30-17-8-2-14(3-9-17)22-19(27)18-10-12-25(23-18)15-4-6-16(7-5-15)26(28)29/h2-13H,1H3,(H,22,27). The first kappa shape index (κ1) is 19.4. The van der Waals surface area contributed by atoms with Crippen LogP contribution in [0.5, 0.6) is 0 Å². The lowest BCUT2D eigenvalue weighted by molar-refractivity contribution is -0.384. The van der Waals surface area contributed by atoms with Crippen LogP contribution in [-0.2, 0) is 7.05 Å². The molecule has 0 atom stereocenters. The molecule has 2 aromatic heterocycles. The molecule has 9 nitrogen and oxygen atoms in total. The molecule has 30 heavy (non-hydrogen) atoms. The highest BCUT2D eigenvalue weighted by Gasteiger charge is 2.12. The number of hydrogen-bond donors (Lipinski definition) is 1. The van der Waals surface area contributed by atoms with Gasteiger partial charge in [-0.25, -0.2) is 9.67 Å². The molecule has 0 spiro atoms. The highest BCUT2D eigenvalue weighted by Crippen LogP contribution is 2.27. The Morgan fingerprint density at radius 2 is 1.80 bits per heavy atom. The number of aryl methyl sites for hydroxylation is 1. The molecule has 1 N–H and O–H groups in total. The van der Waals surface area contributed by atoms with Gasteiger partial charge in [0.2, 0.25) is 0 Å². The molecule has 4 aromatic rings. The van der Waals surface area contributed by atoms with E-state index in [2.05, 4.69) is 15.4 Å². The number of imidazole rings is 1. The minimum absolute atomic E-state index is 0.00612. The Morgan fingerprint density at radius 3 is 2.43 bits per heavy atom. The smallest absolute Gasteiger partial charge is 0.276 e. The van der Waals surface area contributed by atoms with E-state index in [1.54, 1.807) is 30.6 Å². The summed E-state index contributed by atoms with van der Waals surface area (Å²) in [4.78, 5) is 28.1. The average molecular weight is 420 g/mol. The van der Waals surface area contributed by atoms with Gasteiger partial charge in [0.1, 0.15) is 0 Å². The average Bonchev–Trinajstić information content (AvgIpc) is 3.39. The van der Waals surface area contributed by atoms with Crippen LogP contribution in [0.15, 0.2) is 83.2 Å². The Hall–Kier alpha value is -3.92. The summed E-state index contributed by atoms with van der Waals surface area (Å²) in [5, 5.41) is 18.7. The predicted molar refractivity (Wildman–Crippen MR) is 112 cm³/mol. The number of anilines is 1. The Bertz CT molecular complexity index is 1200. The van der Waals surface area contributed by atoms with E-state index in [9.17, 15) is 14.9 Å². The van der Waals surface area contributed by atoms with Crippen molar-refractivity contribution in [1.29, 1.82) is 0 Å². The van der Waals surface area contributed by atoms with Gasteiger partial charge >= 0.3 is 0 Å². The van der Waals surface area contributed by atoms with Gasteiger partial charge in [-0.3, -0.25) is 14.9 Å². The number of carbonyl (C=O) groups is 1. The molecule has 4 rings (SSSR count). The molecular formula is C20H16N6O3S. The van der Waals surface area contributed by atoms with E-state index >= 15 is 0 Å². The van der Waals surface area contributed by atoms with Crippen LogP contribution in [-0.4, -0.2) is 30.2 Å². The van der Waals surface area contributed by atoms with Crippen molar-refractivity contribution in [2.75, 3.05) is 5.32 Å². The minimum atomic E-state index is -0.466. The van der Waals surface area contributed by atoms with Crippen molar-refractivity contribution in [3.05, 3.63) is 89.0 Å². The second-order valence-corrected chi connectivity index (χ2v) is 7.36. The highest BCUT2D eigenvalue weighted by atomic mass is 32.2. The maximum Gasteiger partial charge on any atom is 0.276 e. The maximum atomic E-state index is 12.5. The van der Waals surface area contributed by atoms with Crippen LogP contribution in [0, 0.1) is 10.1 Å². The minimum Gasteiger partial charge on any atom is -0.329 e. The molecular weight excluding hydrogens is 404 g/mol. The summed E-state index contributed by atoms with van der Waals surface area (Å²) < 4.78 is 3.42. The molecule has 0 bridgehead atoms. The highest BCUT2D eigenvalue weighted by molar-refractivity contribution is 7.99. The van der Waals surface area contributed by atoms with Gasteiger partial charge in [0.05, 0.1) is 10.6 Å². The summed E-state index contributed by atoms with van der Waals surface area (Å²) in [7, 11) is 1.93. The SMILES string of the molecule is Cn1ccnc1Sc1ccc(NC(=O)c2ccn(-c3ccc([N+](=O)[O-])cc3)n2)cc1. The molecule has 0 aliphatic heterocycles. The van der Waals surface area contributed by atoms with E-state index < -0.39 is 4.92 Å². The van der Waals surface area contributed by atoms with Crippen LogP contribution in [0.2, 0.25) is 0 Å². The lowest BCUT2D eigenvalue weighted by Gasteiger charge is -2.05. The van der Waals surface area contributed by atoms with Gasteiger partial charge in [-0.05, 0) is 42.5 Å². The lowest BCUT2D eigenvalue weighted by Crippen LogP contribution is -2.13. The molecule has 0 aliphatic rings. The fourth-order valence-corrected chi connectivity index (χ4v) is 3.47. The fraction of sp³-hybridized carbons (Fsp3) is 0.0500. The van der Waals surface area contributed by atoms with Crippen molar-refractivity contribution < 1.29 is 9.72 Å². The Morgan fingerprint density at radius 1 is 1.07 bits per heavy atom. The van der Waals surface area contributed by atoms with Gasteiger partial charge in [0, 0.05) is 48.4 Å². The van der Waals surface area contributed by atoms with Crippen LogP contribution < -0.4 is 5.32 Å². The van der Waals surface area contributed by atoms with E-state index in [1.165, 1.54) is 28.6 Å². The number of benzene rings is 2.